The van der Waals surface area contributed by atoms with Crippen LogP contribution in [0.4, 0.5) is 18.9 Å². The summed E-state index contributed by atoms with van der Waals surface area (Å²) < 4.78 is 37.6. The summed E-state index contributed by atoms with van der Waals surface area (Å²) in [5.74, 6) is -1.92. The molecule has 0 amide bonds. The molecule has 1 rings (SSSR count). The maximum atomic E-state index is 12.5. The average Bonchev–Trinajstić information content (AvgIpc) is 2.14. The van der Waals surface area contributed by atoms with Crippen LogP contribution < -0.4 is 0 Å². The smallest absolute Gasteiger partial charge is 0.417 e. The Balaban J connectivity index is 3.60. The summed E-state index contributed by atoms with van der Waals surface area (Å²) in [5.41, 5.74) is -3.34. The lowest BCUT2D eigenvalue weighted by Crippen LogP contribution is -2.12. The van der Waals surface area contributed by atoms with Gasteiger partial charge >= 0.3 is 11.9 Å². The molecule has 0 saturated carbocycles. The van der Waals surface area contributed by atoms with Crippen LogP contribution in [0.25, 0.3) is 0 Å². The van der Waals surface area contributed by atoms with E-state index in [1.807, 2.05) is 0 Å². The minimum Gasteiger partial charge on any atom is -0.502 e. The number of nitro benzene ring substituents is 1. The number of phenols is 1. The highest BCUT2D eigenvalue weighted by molar-refractivity contribution is 5.96. The number of nitro groups is 1. The van der Waals surface area contributed by atoms with Crippen LogP contribution in [0.5, 0.6) is 5.75 Å². The van der Waals surface area contributed by atoms with E-state index in [1.165, 1.54) is 0 Å². The Kier molecular flexibility index (Phi) is 3.08. The number of alkyl halides is 3. The summed E-state index contributed by atoms with van der Waals surface area (Å²) in [6.07, 6.45) is -4.90. The van der Waals surface area contributed by atoms with E-state index in [1.54, 1.807) is 0 Å². The van der Waals surface area contributed by atoms with Crippen LogP contribution in [-0.2, 0) is 6.18 Å². The average molecular weight is 249 g/mol. The predicted octanol–water partition coefficient (Wildman–Crippen LogP) is 2.52. The zero-order valence-corrected chi connectivity index (χ0v) is 8.41. The van der Waals surface area contributed by atoms with Crippen LogP contribution in [0, 0.1) is 10.1 Å². The number of carbonyl (C=O) groups is 1. The Hall–Kier alpha value is -2.12. The number of phenolic OH excluding ortho intramolecular Hbond substituents is 1. The van der Waals surface area contributed by atoms with Crippen LogP contribution in [0.2, 0.25) is 0 Å². The number of nitrogens with zero attached hydrogens (tertiary/aromatic N) is 1. The monoisotopic (exact) mass is 249 g/mol. The lowest BCUT2D eigenvalue weighted by Gasteiger charge is -2.11. The van der Waals surface area contributed by atoms with Crippen LogP contribution in [0.3, 0.4) is 0 Å². The summed E-state index contributed by atoms with van der Waals surface area (Å²) >= 11 is 0. The molecule has 0 bridgehead atoms. The number of rotatable bonds is 2. The largest absolute Gasteiger partial charge is 0.502 e. The second-order valence-electron chi connectivity index (χ2n) is 3.20. The fourth-order valence-corrected chi connectivity index (χ4v) is 1.25. The van der Waals surface area contributed by atoms with Gasteiger partial charge in [0, 0.05) is 11.6 Å². The SMILES string of the molecule is CC(=O)c1cc(O)c([N+](=O)[O-])cc1C(F)(F)F. The van der Waals surface area contributed by atoms with Gasteiger partial charge in [0.05, 0.1) is 10.5 Å². The Morgan fingerprint density at radius 1 is 1.41 bits per heavy atom. The third-order valence-electron chi connectivity index (χ3n) is 2.00. The van der Waals surface area contributed by atoms with Crippen molar-refractivity contribution in [3.63, 3.8) is 0 Å². The number of Topliss-reactive ketones (excluding diaryl/α,β-unsaturated/α-hetero) is 1. The summed E-state index contributed by atoms with van der Waals surface area (Å²) in [4.78, 5) is 20.2. The zero-order valence-electron chi connectivity index (χ0n) is 8.41. The van der Waals surface area contributed by atoms with Crippen LogP contribution in [0.15, 0.2) is 12.1 Å². The van der Waals surface area contributed by atoms with E-state index < -0.39 is 39.4 Å². The molecule has 0 aliphatic carbocycles. The molecular weight excluding hydrogens is 243 g/mol. The third-order valence-corrected chi connectivity index (χ3v) is 2.00. The molecule has 1 N–H and O–H groups in total. The van der Waals surface area contributed by atoms with Gasteiger partial charge in [-0.3, -0.25) is 14.9 Å². The van der Waals surface area contributed by atoms with E-state index >= 15 is 0 Å². The Labute approximate surface area is 92.6 Å². The maximum Gasteiger partial charge on any atom is 0.417 e. The van der Waals surface area contributed by atoms with Gasteiger partial charge in [0.1, 0.15) is 0 Å². The normalized spacial score (nSPS) is 11.3. The van der Waals surface area contributed by atoms with Crippen molar-refractivity contribution in [2.45, 2.75) is 13.1 Å². The predicted molar refractivity (Wildman–Crippen MR) is 49.8 cm³/mol. The quantitative estimate of drug-likeness (QED) is 0.496. The van der Waals surface area contributed by atoms with E-state index in [4.69, 9.17) is 5.11 Å². The molecule has 0 aromatic heterocycles. The number of halogens is 3. The molecule has 0 aliphatic rings. The fourth-order valence-electron chi connectivity index (χ4n) is 1.25. The molecule has 8 heteroatoms. The van der Waals surface area contributed by atoms with Crippen molar-refractivity contribution < 1.29 is 28.0 Å². The molecular formula is C9H6F3NO4. The molecule has 0 fully saturated rings. The van der Waals surface area contributed by atoms with Crippen LogP contribution in [0.1, 0.15) is 22.8 Å². The van der Waals surface area contributed by atoms with Crippen molar-refractivity contribution >= 4 is 11.5 Å². The van der Waals surface area contributed by atoms with Crippen LogP contribution in [-0.4, -0.2) is 15.8 Å². The molecule has 0 spiro atoms. The van der Waals surface area contributed by atoms with Crippen molar-refractivity contribution in [3.05, 3.63) is 33.4 Å². The fraction of sp³-hybridized carbons (Fsp3) is 0.222. The standard InChI is InChI=1S/C9H6F3NO4/c1-4(14)5-2-8(15)7(13(16)17)3-6(5)9(10,11)12/h2-3,15H,1H3. The second-order valence-corrected chi connectivity index (χ2v) is 3.20. The number of ketones is 1. The van der Waals surface area contributed by atoms with Gasteiger partial charge in [0.2, 0.25) is 0 Å². The Bertz CT molecular complexity index is 496. The summed E-state index contributed by atoms with van der Waals surface area (Å²) in [5, 5.41) is 19.5. The molecule has 1 aromatic carbocycles. The topological polar surface area (TPSA) is 80.4 Å². The molecule has 5 nitrogen and oxygen atoms in total. The first-order valence-corrected chi connectivity index (χ1v) is 4.24. The Morgan fingerprint density at radius 3 is 2.29 bits per heavy atom. The van der Waals surface area contributed by atoms with Crippen molar-refractivity contribution in [2.75, 3.05) is 0 Å². The molecule has 1 aromatic rings. The summed E-state index contributed by atoms with van der Waals surface area (Å²) in [6.45, 7) is 0.871. The number of hydrogen-bond acceptors (Lipinski definition) is 4. The molecule has 92 valence electrons. The van der Waals surface area contributed by atoms with Crippen molar-refractivity contribution in [1.82, 2.24) is 0 Å². The van der Waals surface area contributed by atoms with Crippen LogP contribution >= 0.6 is 0 Å². The van der Waals surface area contributed by atoms with E-state index in [0.29, 0.717) is 6.07 Å². The molecule has 0 atom stereocenters. The summed E-state index contributed by atoms with van der Waals surface area (Å²) in [6, 6.07) is 0.593. The lowest BCUT2D eigenvalue weighted by molar-refractivity contribution is -0.386. The van der Waals surface area contributed by atoms with E-state index in [0.717, 1.165) is 6.92 Å². The minimum atomic E-state index is -4.90. The third kappa shape index (κ3) is 2.52. The zero-order chi connectivity index (χ0) is 13.4. The van der Waals surface area contributed by atoms with E-state index in [9.17, 15) is 28.1 Å². The van der Waals surface area contributed by atoms with Crippen molar-refractivity contribution in [2.24, 2.45) is 0 Å². The molecule has 0 saturated heterocycles. The number of hydrogen-bond donors (Lipinski definition) is 1. The highest BCUT2D eigenvalue weighted by Gasteiger charge is 2.37. The number of benzene rings is 1. The summed E-state index contributed by atoms with van der Waals surface area (Å²) in [7, 11) is 0. The molecule has 0 heterocycles. The molecule has 0 aliphatic heterocycles. The van der Waals surface area contributed by atoms with Crippen molar-refractivity contribution in [3.8, 4) is 5.75 Å². The Morgan fingerprint density at radius 2 is 1.94 bits per heavy atom. The van der Waals surface area contributed by atoms with E-state index in [2.05, 4.69) is 0 Å². The van der Waals surface area contributed by atoms with Gasteiger partial charge < -0.3 is 5.11 Å². The van der Waals surface area contributed by atoms with Gasteiger partial charge in [-0.1, -0.05) is 0 Å². The number of aromatic hydroxyl groups is 1. The first-order chi connectivity index (χ1) is 7.64. The van der Waals surface area contributed by atoms with Gasteiger partial charge in [0.25, 0.3) is 0 Å². The van der Waals surface area contributed by atoms with Gasteiger partial charge in [-0.05, 0) is 13.0 Å². The lowest BCUT2D eigenvalue weighted by atomic mass is 10.0. The number of carbonyl (C=O) groups excluding carboxylic acids is 1. The molecule has 17 heavy (non-hydrogen) atoms. The first-order valence-electron chi connectivity index (χ1n) is 4.24. The molecule has 0 unspecified atom stereocenters. The van der Waals surface area contributed by atoms with E-state index in [-0.39, 0.29) is 6.07 Å². The van der Waals surface area contributed by atoms with Gasteiger partial charge in [-0.25, -0.2) is 0 Å². The maximum absolute atomic E-state index is 12.5. The highest BCUT2D eigenvalue weighted by Crippen LogP contribution is 2.38. The second kappa shape index (κ2) is 4.04. The molecule has 0 radical (unpaired) electrons. The minimum absolute atomic E-state index is 0.145. The highest BCUT2D eigenvalue weighted by atomic mass is 19.4. The first kappa shape index (κ1) is 12.9. The van der Waals surface area contributed by atoms with Gasteiger partial charge in [0.15, 0.2) is 11.5 Å². The van der Waals surface area contributed by atoms with Gasteiger partial charge in [-0.2, -0.15) is 13.2 Å². The van der Waals surface area contributed by atoms with Gasteiger partial charge in [-0.15, -0.1) is 0 Å². The van der Waals surface area contributed by atoms with Crippen molar-refractivity contribution in [1.29, 1.82) is 0 Å².